The molecule has 3 aromatic rings. The number of carbonyl (C=O) groups excluding carboxylic acids is 2. The van der Waals surface area contributed by atoms with Gasteiger partial charge in [0.15, 0.2) is 0 Å². The first-order chi connectivity index (χ1) is 14.1. The molecule has 2 amide bonds. The van der Waals surface area contributed by atoms with E-state index in [0.29, 0.717) is 18.0 Å². The zero-order valence-electron chi connectivity index (χ0n) is 15.3. The van der Waals surface area contributed by atoms with Crippen molar-refractivity contribution in [1.82, 2.24) is 5.43 Å². The molecule has 0 aromatic heterocycles. The summed E-state index contributed by atoms with van der Waals surface area (Å²) in [6.07, 6.45) is 1.45. The van der Waals surface area contributed by atoms with Crippen LogP contribution in [0.25, 0.3) is 0 Å². The van der Waals surface area contributed by atoms with E-state index in [-0.39, 0.29) is 0 Å². The largest absolute Gasteiger partial charge is 0.489 e. The standard InChI is InChI=1S/C22H18BrN3O3/c23-18-8-6-16(7-9-18)14-24-26-22(28)21(27)25-19-10-12-20(13-11-19)29-15-17-4-2-1-3-5-17/h1-14H,15H2,(H,25,27)(H,26,28)/b24-14-. The number of ether oxygens (including phenoxy) is 1. The average molecular weight is 452 g/mol. The summed E-state index contributed by atoms with van der Waals surface area (Å²) in [6.45, 7) is 0.450. The van der Waals surface area contributed by atoms with Gasteiger partial charge >= 0.3 is 11.8 Å². The highest BCUT2D eigenvalue weighted by molar-refractivity contribution is 9.10. The lowest BCUT2D eigenvalue weighted by molar-refractivity contribution is -0.136. The number of nitrogens with one attached hydrogen (secondary N) is 2. The van der Waals surface area contributed by atoms with Gasteiger partial charge in [-0.25, -0.2) is 5.43 Å². The van der Waals surface area contributed by atoms with Gasteiger partial charge in [0.25, 0.3) is 0 Å². The molecule has 0 radical (unpaired) electrons. The highest BCUT2D eigenvalue weighted by atomic mass is 79.9. The molecule has 0 heterocycles. The van der Waals surface area contributed by atoms with Crippen LogP contribution in [0.5, 0.6) is 5.75 Å². The van der Waals surface area contributed by atoms with Crippen molar-refractivity contribution in [3.63, 3.8) is 0 Å². The Hall–Kier alpha value is -3.45. The van der Waals surface area contributed by atoms with Crippen molar-refractivity contribution in [3.05, 3.63) is 94.5 Å². The first-order valence-corrected chi connectivity index (χ1v) is 9.56. The maximum atomic E-state index is 12.0. The van der Waals surface area contributed by atoms with E-state index >= 15 is 0 Å². The Morgan fingerprint density at radius 3 is 2.28 bits per heavy atom. The van der Waals surface area contributed by atoms with Gasteiger partial charge in [-0.05, 0) is 47.5 Å². The van der Waals surface area contributed by atoms with E-state index in [2.05, 4.69) is 31.8 Å². The van der Waals surface area contributed by atoms with Crippen LogP contribution in [0.3, 0.4) is 0 Å². The first kappa shape index (κ1) is 20.3. The topological polar surface area (TPSA) is 79.8 Å². The maximum absolute atomic E-state index is 12.0. The van der Waals surface area contributed by atoms with E-state index in [1.165, 1.54) is 6.21 Å². The van der Waals surface area contributed by atoms with Gasteiger partial charge in [0.2, 0.25) is 0 Å². The quantitative estimate of drug-likeness (QED) is 0.336. The summed E-state index contributed by atoms with van der Waals surface area (Å²) in [5, 5.41) is 6.29. The number of carbonyl (C=O) groups is 2. The molecule has 2 N–H and O–H groups in total. The van der Waals surface area contributed by atoms with Crippen LogP contribution in [0, 0.1) is 0 Å². The van der Waals surface area contributed by atoms with Gasteiger partial charge in [0, 0.05) is 10.2 Å². The average Bonchev–Trinajstić information content (AvgIpc) is 2.75. The van der Waals surface area contributed by atoms with E-state index in [4.69, 9.17) is 4.74 Å². The van der Waals surface area contributed by atoms with Gasteiger partial charge in [0.1, 0.15) is 12.4 Å². The molecule has 0 saturated carbocycles. The van der Waals surface area contributed by atoms with Crippen LogP contribution in [-0.4, -0.2) is 18.0 Å². The summed E-state index contributed by atoms with van der Waals surface area (Å²) in [6, 6.07) is 23.9. The van der Waals surface area contributed by atoms with Crippen LogP contribution in [-0.2, 0) is 16.2 Å². The molecular formula is C22H18BrN3O3. The Morgan fingerprint density at radius 2 is 1.59 bits per heavy atom. The predicted octanol–water partition coefficient (Wildman–Crippen LogP) is 4.12. The lowest BCUT2D eigenvalue weighted by atomic mass is 10.2. The Labute approximate surface area is 176 Å². The van der Waals surface area contributed by atoms with Gasteiger partial charge in [-0.2, -0.15) is 5.10 Å². The Morgan fingerprint density at radius 1 is 0.897 bits per heavy atom. The number of amides is 2. The first-order valence-electron chi connectivity index (χ1n) is 8.77. The number of hydrazone groups is 1. The fraction of sp³-hybridized carbons (Fsp3) is 0.0455. The van der Waals surface area contributed by atoms with E-state index in [9.17, 15) is 9.59 Å². The van der Waals surface area contributed by atoms with Crippen LogP contribution >= 0.6 is 15.9 Å². The monoisotopic (exact) mass is 451 g/mol. The second-order valence-electron chi connectivity index (χ2n) is 6.00. The van der Waals surface area contributed by atoms with Crippen molar-refractivity contribution in [3.8, 4) is 5.75 Å². The van der Waals surface area contributed by atoms with Crippen molar-refractivity contribution in [2.45, 2.75) is 6.61 Å². The zero-order valence-corrected chi connectivity index (χ0v) is 16.9. The number of rotatable bonds is 6. The summed E-state index contributed by atoms with van der Waals surface area (Å²) in [5.74, 6) is -1.01. The molecule has 3 aromatic carbocycles. The van der Waals surface area contributed by atoms with Crippen molar-refractivity contribution in [1.29, 1.82) is 0 Å². The maximum Gasteiger partial charge on any atom is 0.329 e. The molecule has 7 heteroatoms. The second kappa shape index (κ2) is 10.2. The van der Waals surface area contributed by atoms with Crippen molar-refractivity contribution in [2.75, 3.05) is 5.32 Å². The third kappa shape index (κ3) is 6.58. The molecule has 0 bridgehead atoms. The molecule has 6 nitrogen and oxygen atoms in total. The fourth-order valence-electron chi connectivity index (χ4n) is 2.33. The minimum absolute atomic E-state index is 0.450. The Balaban J connectivity index is 1.46. The SMILES string of the molecule is O=C(N/N=C\c1ccc(Br)cc1)C(=O)Nc1ccc(OCc2ccccc2)cc1. The van der Waals surface area contributed by atoms with Crippen LogP contribution < -0.4 is 15.5 Å². The molecule has 0 saturated heterocycles. The molecule has 146 valence electrons. The molecule has 0 aliphatic carbocycles. The lowest BCUT2D eigenvalue weighted by Gasteiger charge is -2.08. The normalized spacial score (nSPS) is 10.5. The third-order valence-electron chi connectivity index (χ3n) is 3.82. The summed E-state index contributed by atoms with van der Waals surface area (Å²) in [7, 11) is 0. The van der Waals surface area contributed by atoms with Crippen molar-refractivity contribution in [2.24, 2.45) is 5.10 Å². The summed E-state index contributed by atoms with van der Waals surface area (Å²) < 4.78 is 6.63. The Kier molecular flexibility index (Phi) is 7.13. The van der Waals surface area contributed by atoms with Crippen molar-refractivity contribution >= 4 is 39.6 Å². The molecule has 3 rings (SSSR count). The number of hydrogen-bond donors (Lipinski definition) is 2. The van der Waals surface area contributed by atoms with Crippen LogP contribution in [0.4, 0.5) is 5.69 Å². The molecule has 0 aliphatic rings. The molecule has 0 aliphatic heterocycles. The number of anilines is 1. The molecule has 0 fully saturated rings. The minimum Gasteiger partial charge on any atom is -0.489 e. The molecular weight excluding hydrogens is 434 g/mol. The third-order valence-corrected chi connectivity index (χ3v) is 4.35. The van der Waals surface area contributed by atoms with Gasteiger partial charge in [-0.3, -0.25) is 9.59 Å². The van der Waals surface area contributed by atoms with Crippen LogP contribution in [0.15, 0.2) is 88.4 Å². The Bertz CT molecular complexity index is 988. The molecule has 0 atom stereocenters. The minimum atomic E-state index is -0.859. The summed E-state index contributed by atoms with van der Waals surface area (Å²) >= 11 is 3.34. The zero-order chi connectivity index (χ0) is 20.5. The smallest absolute Gasteiger partial charge is 0.329 e. The summed E-state index contributed by atoms with van der Waals surface area (Å²) in [5.41, 5.74) is 4.53. The van der Waals surface area contributed by atoms with Gasteiger partial charge in [0.05, 0.1) is 6.21 Å². The van der Waals surface area contributed by atoms with E-state index in [1.807, 2.05) is 54.6 Å². The predicted molar refractivity (Wildman–Crippen MR) is 116 cm³/mol. The van der Waals surface area contributed by atoms with Crippen LogP contribution in [0.2, 0.25) is 0 Å². The van der Waals surface area contributed by atoms with E-state index in [0.717, 1.165) is 15.6 Å². The number of hydrogen-bond acceptors (Lipinski definition) is 4. The lowest BCUT2D eigenvalue weighted by Crippen LogP contribution is -2.32. The molecule has 0 unspecified atom stereocenters. The number of benzene rings is 3. The summed E-state index contributed by atoms with van der Waals surface area (Å²) in [4.78, 5) is 23.8. The van der Waals surface area contributed by atoms with Crippen molar-refractivity contribution < 1.29 is 14.3 Å². The second-order valence-corrected chi connectivity index (χ2v) is 6.92. The van der Waals surface area contributed by atoms with Gasteiger partial charge in [-0.1, -0.05) is 58.4 Å². The fourth-order valence-corrected chi connectivity index (χ4v) is 2.59. The van der Waals surface area contributed by atoms with Crippen LogP contribution in [0.1, 0.15) is 11.1 Å². The highest BCUT2D eigenvalue weighted by Gasteiger charge is 2.12. The van der Waals surface area contributed by atoms with Gasteiger partial charge in [-0.15, -0.1) is 0 Å². The number of halogens is 1. The highest BCUT2D eigenvalue weighted by Crippen LogP contribution is 2.17. The molecule has 0 spiro atoms. The molecule has 29 heavy (non-hydrogen) atoms. The van der Waals surface area contributed by atoms with E-state index < -0.39 is 11.8 Å². The van der Waals surface area contributed by atoms with E-state index in [1.54, 1.807) is 24.3 Å². The van der Waals surface area contributed by atoms with Gasteiger partial charge < -0.3 is 10.1 Å². The number of nitrogens with zero attached hydrogens (tertiary/aromatic N) is 1.